The van der Waals surface area contributed by atoms with Crippen molar-refractivity contribution in [3.05, 3.63) is 28.9 Å². The maximum absolute atomic E-state index is 4.33. The van der Waals surface area contributed by atoms with E-state index < -0.39 is 0 Å². The molecule has 0 N–H and O–H groups in total. The molecule has 1 aromatic rings. The lowest BCUT2D eigenvalue weighted by molar-refractivity contribution is 1.03. The minimum atomic E-state index is 1.17. The second kappa shape index (κ2) is 4.80. The Morgan fingerprint density at radius 1 is 1.31 bits per heavy atom. The number of aromatic nitrogens is 1. The standard InChI is InChI=1S/C10H11N.C2H6/c1-8-4-2-5-9-6-3-7-11-10(8)9;1-2/h3,5-7H,2,4H2,1H3;1-2H3. The lowest BCUT2D eigenvalue weighted by Crippen LogP contribution is -2.31. The average Bonchev–Trinajstić information content (AvgIpc) is 2.22. The molecule has 0 radical (unpaired) electrons. The molecule has 1 heteroatoms. The molecule has 1 aliphatic carbocycles. The number of hydrogen-bond donors (Lipinski definition) is 0. The molecule has 0 saturated carbocycles. The largest absolute Gasteiger partial charge is 0.256 e. The van der Waals surface area contributed by atoms with Crippen molar-refractivity contribution < 1.29 is 0 Å². The predicted octanol–water partition coefficient (Wildman–Crippen LogP) is 1.85. The lowest BCUT2D eigenvalue weighted by atomic mass is 10.1. The molecule has 0 unspecified atom stereocenters. The quantitative estimate of drug-likeness (QED) is 0.586. The third-order valence-electron chi connectivity index (χ3n) is 2.13. The molecule has 1 heterocycles. The summed E-state index contributed by atoms with van der Waals surface area (Å²) in [7, 11) is 0. The molecule has 1 aromatic heterocycles. The van der Waals surface area contributed by atoms with Crippen LogP contribution in [0.25, 0.3) is 11.6 Å². The highest BCUT2D eigenvalue weighted by Crippen LogP contribution is 2.04. The predicted molar refractivity (Wildman–Crippen MR) is 57.6 cm³/mol. The van der Waals surface area contributed by atoms with Crippen molar-refractivity contribution >= 4 is 11.6 Å². The van der Waals surface area contributed by atoms with Crippen LogP contribution in [0.1, 0.15) is 33.6 Å². The van der Waals surface area contributed by atoms with E-state index in [1.54, 1.807) is 0 Å². The summed E-state index contributed by atoms with van der Waals surface area (Å²) in [6.07, 6.45) is 6.46. The fraction of sp³-hybridized carbons (Fsp3) is 0.417. The summed E-state index contributed by atoms with van der Waals surface area (Å²) in [6, 6.07) is 4.12. The van der Waals surface area contributed by atoms with Crippen LogP contribution in [-0.2, 0) is 0 Å². The molecule has 0 bridgehead atoms. The van der Waals surface area contributed by atoms with E-state index in [1.807, 2.05) is 26.1 Å². The third kappa shape index (κ3) is 2.18. The summed E-state index contributed by atoms with van der Waals surface area (Å²) >= 11 is 0. The smallest absolute Gasteiger partial charge is 0.0688 e. The molecular formula is C12H17N. The average molecular weight is 175 g/mol. The summed E-state index contributed by atoms with van der Waals surface area (Å²) in [5, 5.41) is 2.50. The van der Waals surface area contributed by atoms with Gasteiger partial charge in [-0.3, -0.25) is 4.98 Å². The maximum atomic E-state index is 4.33. The van der Waals surface area contributed by atoms with E-state index in [9.17, 15) is 0 Å². The highest BCUT2D eigenvalue weighted by molar-refractivity contribution is 5.46. The highest BCUT2D eigenvalue weighted by atomic mass is 14.6. The first-order valence-electron chi connectivity index (χ1n) is 4.99. The van der Waals surface area contributed by atoms with Crippen LogP contribution >= 0.6 is 0 Å². The first-order chi connectivity index (χ1) is 6.38. The fourth-order valence-electron chi connectivity index (χ4n) is 1.50. The minimum Gasteiger partial charge on any atom is -0.256 e. The molecule has 1 aliphatic rings. The number of hydrogen-bond acceptors (Lipinski definition) is 1. The van der Waals surface area contributed by atoms with Crippen molar-refractivity contribution in [3.63, 3.8) is 0 Å². The maximum Gasteiger partial charge on any atom is 0.0688 e. The molecule has 70 valence electrons. The van der Waals surface area contributed by atoms with E-state index in [-0.39, 0.29) is 0 Å². The van der Waals surface area contributed by atoms with E-state index in [0.29, 0.717) is 0 Å². The Labute approximate surface area is 79.8 Å². The van der Waals surface area contributed by atoms with Crippen LogP contribution in [0.2, 0.25) is 0 Å². The van der Waals surface area contributed by atoms with Crippen molar-refractivity contribution in [1.29, 1.82) is 0 Å². The van der Waals surface area contributed by atoms with Gasteiger partial charge >= 0.3 is 0 Å². The number of pyridine rings is 1. The normalized spacial score (nSPS) is 13.6. The second-order valence-electron chi connectivity index (χ2n) is 2.96. The zero-order valence-corrected chi connectivity index (χ0v) is 8.67. The van der Waals surface area contributed by atoms with Crippen LogP contribution in [-0.4, -0.2) is 4.98 Å². The fourth-order valence-corrected chi connectivity index (χ4v) is 1.50. The van der Waals surface area contributed by atoms with Crippen LogP contribution in [0.3, 0.4) is 0 Å². The SMILES string of the molecule is CC.CC1=c2ncccc2=CCC1. The van der Waals surface area contributed by atoms with E-state index in [0.717, 1.165) is 0 Å². The van der Waals surface area contributed by atoms with Crippen LogP contribution in [0.5, 0.6) is 0 Å². The van der Waals surface area contributed by atoms with E-state index in [1.165, 1.54) is 29.0 Å². The summed E-state index contributed by atoms with van der Waals surface area (Å²) in [5.41, 5.74) is 1.42. The summed E-state index contributed by atoms with van der Waals surface area (Å²) in [6.45, 7) is 6.17. The van der Waals surface area contributed by atoms with Gasteiger partial charge in [-0.25, -0.2) is 0 Å². The van der Waals surface area contributed by atoms with Crippen LogP contribution in [0.4, 0.5) is 0 Å². The molecule has 2 rings (SSSR count). The lowest BCUT2D eigenvalue weighted by Gasteiger charge is -2.03. The molecular weight excluding hydrogens is 158 g/mol. The minimum absolute atomic E-state index is 1.17. The van der Waals surface area contributed by atoms with Crippen molar-refractivity contribution in [3.8, 4) is 0 Å². The first-order valence-corrected chi connectivity index (χ1v) is 4.99. The van der Waals surface area contributed by atoms with Crippen LogP contribution in [0, 0.1) is 0 Å². The number of nitrogens with zero attached hydrogens (tertiary/aromatic N) is 1. The van der Waals surface area contributed by atoms with Gasteiger partial charge in [0.05, 0.1) is 5.35 Å². The molecule has 0 saturated heterocycles. The molecule has 0 aliphatic heterocycles. The number of rotatable bonds is 0. The topological polar surface area (TPSA) is 12.9 Å². The van der Waals surface area contributed by atoms with Gasteiger partial charge in [0.2, 0.25) is 0 Å². The van der Waals surface area contributed by atoms with E-state index >= 15 is 0 Å². The van der Waals surface area contributed by atoms with Crippen molar-refractivity contribution in [2.24, 2.45) is 0 Å². The third-order valence-corrected chi connectivity index (χ3v) is 2.13. The zero-order valence-electron chi connectivity index (χ0n) is 8.67. The molecule has 0 fully saturated rings. The van der Waals surface area contributed by atoms with Gasteiger partial charge in [-0.15, -0.1) is 0 Å². The summed E-state index contributed by atoms with van der Waals surface area (Å²) in [5.74, 6) is 0. The Kier molecular flexibility index (Phi) is 3.69. The Bertz CT molecular complexity index is 376. The van der Waals surface area contributed by atoms with Crippen LogP contribution < -0.4 is 10.6 Å². The van der Waals surface area contributed by atoms with Crippen molar-refractivity contribution in [1.82, 2.24) is 4.98 Å². The van der Waals surface area contributed by atoms with Gasteiger partial charge in [0.1, 0.15) is 0 Å². The van der Waals surface area contributed by atoms with Gasteiger partial charge in [-0.1, -0.05) is 26.0 Å². The first kappa shape index (κ1) is 9.97. The van der Waals surface area contributed by atoms with E-state index in [4.69, 9.17) is 0 Å². The zero-order chi connectivity index (χ0) is 9.68. The summed E-state index contributed by atoms with van der Waals surface area (Å²) < 4.78 is 0. The molecule has 1 nitrogen and oxygen atoms in total. The molecule has 0 aromatic carbocycles. The van der Waals surface area contributed by atoms with Gasteiger partial charge in [0.25, 0.3) is 0 Å². The van der Waals surface area contributed by atoms with Gasteiger partial charge < -0.3 is 0 Å². The van der Waals surface area contributed by atoms with Gasteiger partial charge in [0, 0.05) is 6.20 Å². The Morgan fingerprint density at radius 2 is 2.08 bits per heavy atom. The van der Waals surface area contributed by atoms with Crippen molar-refractivity contribution in [2.45, 2.75) is 33.6 Å². The monoisotopic (exact) mass is 175 g/mol. The van der Waals surface area contributed by atoms with Crippen LogP contribution in [0.15, 0.2) is 18.3 Å². The summed E-state index contributed by atoms with van der Waals surface area (Å²) in [4.78, 5) is 4.33. The highest BCUT2D eigenvalue weighted by Gasteiger charge is 1.98. The van der Waals surface area contributed by atoms with Crippen molar-refractivity contribution in [2.75, 3.05) is 0 Å². The Balaban J connectivity index is 0.000000396. The molecule has 0 atom stereocenters. The number of fused-ring (bicyclic) bond motifs is 1. The van der Waals surface area contributed by atoms with Gasteiger partial charge in [-0.2, -0.15) is 0 Å². The Hall–Kier alpha value is -1.11. The Morgan fingerprint density at radius 3 is 2.77 bits per heavy atom. The molecule has 0 spiro atoms. The van der Waals surface area contributed by atoms with Gasteiger partial charge in [-0.05, 0) is 36.6 Å². The molecule has 13 heavy (non-hydrogen) atoms. The second-order valence-corrected chi connectivity index (χ2v) is 2.96. The van der Waals surface area contributed by atoms with Gasteiger partial charge in [0.15, 0.2) is 0 Å². The van der Waals surface area contributed by atoms with E-state index in [2.05, 4.69) is 24.1 Å². The molecule has 0 amide bonds.